The number of rotatable bonds is 5. The standard InChI is InChI=1S/C21H24IN3O5S/c1-14-13-16(22)3-8-19(14)24-20(26)15-9-11-25(12-10-15)31(28,29)18-6-4-17(5-7-18)23-21(27)30-2/h3-8,13,15H,9-12H2,1-2H3,(H,23,27)(H,24,26). The van der Waals surface area contributed by atoms with Gasteiger partial charge in [0.2, 0.25) is 15.9 Å². The van der Waals surface area contributed by atoms with Gasteiger partial charge in [-0.3, -0.25) is 10.1 Å². The van der Waals surface area contributed by atoms with Crippen molar-refractivity contribution in [2.45, 2.75) is 24.7 Å². The zero-order chi connectivity index (χ0) is 22.6. The average molecular weight is 557 g/mol. The third-order valence-corrected chi connectivity index (χ3v) is 7.78. The van der Waals surface area contributed by atoms with Gasteiger partial charge in [-0.25, -0.2) is 13.2 Å². The molecule has 2 amide bonds. The summed E-state index contributed by atoms with van der Waals surface area (Å²) in [5.74, 6) is -0.323. The van der Waals surface area contributed by atoms with Crippen LogP contribution in [0, 0.1) is 16.4 Å². The van der Waals surface area contributed by atoms with Crippen LogP contribution in [-0.2, 0) is 19.6 Å². The molecule has 31 heavy (non-hydrogen) atoms. The summed E-state index contributed by atoms with van der Waals surface area (Å²) in [6.07, 6.45) is 0.281. The lowest BCUT2D eigenvalue weighted by Crippen LogP contribution is -2.41. The molecule has 1 aliphatic rings. The molecule has 1 heterocycles. The number of aryl methyl sites for hydroxylation is 1. The molecule has 166 valence electrons. The number of amides is 2. The average Bonchev–Trinajstić information content (AvgIpc) is 2.76. The molecule has 0 saturated carbocycles. The second-order valence-corrected chi connectivity index (χ2v) is 10.5. The van der Waals surface area contributed by atoms with E-state index in [0.29, 0.717) is 18.5 Å². The molecule has 0 bridgehead atoms. The van der Waals surface area contributed by atoms with Gasteiger partial charge in [-0.15, -0.1) is 0 Å². The number of benzene rings is 2. The molecule has 10 heteroatoms. The van der Waals surface area contributed by atoms with E-state index >= 15 is 0 Å². The van der Waals surface area contributed by atoms with E-state index in [1.165, 1.54) is 35.7 Å². The van der Waals surface area contributed by atoms with Crippen LogP contribution in [0.15, 0.2) is 47.4 Å². The molecular formula is C21H24IN3O5S. The Labute approximate surface area is 195 Å². The van der Waals surface area contributed by atoms with Crippen LogP contribution in [0.2, 0.25) is 0 Å². The fourth-order valence-electron chi connectivity index (χ4n) is 3.39. The summed E-state index contributed by atoms with van der Waals surface area (Å²) in [5, 5.41) is 5.44. The molecular weight excluding hydrogens is 533 g/mol. The second kappa shape index (κ2) is 9.96. The summed E-state index contributed by atoms with van der Waals surface area (Å²) in [4.78, 5) is 24.0. The van der Waals surface area contributed by atoms with E-state index in [1.54, 1.807) is 0 Å². The molecule has 8 nitrogen and oxygen atoms in total. The van der Waals surface area contributed by atoms with Crippen molar-refractivity contribution in [3.8, 4) is 0 Å². The van der Waals surface area contributed by atoms with Gasteiger partial charge in [0.25, 0.3) is 0 Å². The van der Waals surface area contributed by atoms with Crippen molar-refractivity contribution in [2.75, 3.05) is 30.8 Å². The highest BCUT2D eigenvalue weighted by Crippen LogP contribution is 2.26. The Kier molecular flexibility index (Phi) is 7.55. The normalized spacial score (nSPS) is 15.3. The van der Waals surface area contributed by atoms with Crippen LogP contribution in [0.4, 0.5) is 16.2 Å². The van der Waals surface area contributed by atoms with E-state index in [2.05, 4.69) is 38.0 Å². The number of piperidine rings is 1. The van der Waals surface area contributed by atoms with E-state index in [4.69, 9.17) is 0 Å². The van der Waals surface area contributed by atoms with Crippen molar-refractivity contribution in [3.05, 3.63) is 51.6 Å². The fourth-order valence-corrected chi connectivity index (χ4v) is 5.51. The summed E-state index contributed by atoms with van der Waals surface area (Å²) >= 11 is 2.22. The van der Waals surface area contributed by atoms with Crippen LogP contribution in [-0.4, -0.2) is 44.9 Å². The number of anilines is 2. The summed E-state index contributed by atoms with van der Waals surface area (Å²) in [5.41, 5.74) is 2.21. The van der Waals surface area contributed by atoms with Crippen LogP contribution < -0.4 is 10.6 Å². The van der Waals surface area contributed by atoms with Gasteiger partial charge in [0.15, 0.2) is 0 Å². The maximum Gasteiger partial charge on any atom is 0.411 e. The first-order valence-corrected chi connectivity index (χ1v) is 12.2. The van der Waals surface area contributed by atoms with Gasteiger partial charge < -0.3 is 10.1 Å². The first-order valence-electron chi connectivity index (χ1n) is 9.73. The Morgan fingerprint density at radius 3 is 2.29 bits per heavy atom. The van der Waals surface area contributed by atoms with Gasteiger partial charge in [0.05, 0.1) is 12.0 Å². The number of sulfonamides is 1. The number of hydrogen-bond donors (Lipinski definition) is 2. The number of carbonyl (C=O) groups excluding carboxylic acids is 2. The molecule has 2 aromatic rings. The Morgan fingerprint density at radius 1 is 1.06 bits per heavy atom. The highest BCUT2D eigenvalue weighted by atomic mass is 127. The summed E-state index contributed by atoms with van der Waals surface area (Å²) in [6, 6.07) is 11.7. The van der Waals surface area contributed by atoms with Crippen LogP contribution in [0.3, 0.4) is 0 Å². The Morgan fingerprint density at radius 2 is 1.71 bits per heavy atom. The van der Waals surface area contributed by atoms with E-state index < -0.39 is 16.1 Å². The van der Waals surface area contributed by atoms with E-state index in [-0.39, 0.29) is 29.8 Å². The van der Waals surface area contributed by atoms with Gasteiger partial charge in [-0.1, -0.05) is 0 Å². The van der Waals surface area contributed by atoms with Crippen molar-refractivity contribution in [3.63, 3.8) is 0 Å². The molecule has 0 unspecified atom stereocenters. The summed E-state index contributed by atoms with van der Waals surface area (Å²) in [6.45, 7) is 2.49. The minimum Gasteiger partial charge on any atom is -0.453 e. The predicted octanol–water partition coefficient (Wildman–Crippen LogP) is 3.82. The van der Waals surface area contributed by atoms with Gasteiger partial charge in [-0.2, -0.15) is 4.31 Å². The Hall–Kier alpha value is -2.18. The van der Waals surface area contributed by atoms with Crippen molar-refractivity contribution in [1.29, 1.82) is 0 Å². The predicted molar refractivity (Wildman–Crippen MR) is 126 cm³/mol. The number of hydrogen-bond acceptors (Lipinski definition) is 5. The summed E-state index contributed by atoms with van der Waals surface area (Å²) in [7, 11) is -2.43. The minimum atomic E-state index is -3.68. The maximum absolute atomic E-state index is 12.9. The number of methoxy groups -OCH3 is 1. The van der Waals surface area contributed by atoms with Gasteiger partial charge in [0.1, 0.15) is 0 Å². The van der Waals surface area contributed by atoms with E-state index in [9.17, 15) is 18.0 Å². The number of nitrogens with one attached hydrogen (secondary N) is 2. The molecule has 3 rings (SSSR count). The molecule has 0 aromatic heterocycles. The van der Waals surface area contributed by atoms with Gasteiger partial charge >= 0.3 is 6.09 Å². The van der Waals surface area contributed by atoms with Crippen LogP contribution >= 0.6 is 22.6 Å². The molecule has 0 aliphatic carbocycles. The van der Waals surface area contributed by atoms with Crippen LogP contribution in [0.5, 0.6) is 0 Å². The zero-order valence-corrected chi connectivity index (χ0v) is 20.2. The first-order chi connectivity index (χ1) is 14.7. The Bertz CT molecular complexity index is 1060. The smallest absolute Gasteiger partial charge is 0.411 e. The highest BCUT2D eigenvalue weighted by Gasteiger charge is 2.32. The van der Waals surface area contributed by atoms with Crippen molar-refractivity contribution in [2.24, 2.45) is 5.92 Å². The van der Waals surface area contributed by atoms with Crippen molar-refractivity contribution < 1.29 is 22.7 Å². The number of halogens is 1. The first kappa shape index (κ1) is 23.5. The SMILES string of the molecule is COC(=O)Nc1ccc(S(=O)(=O)N2CCC(C(=O)Nc3ccc(I)cc3C)CC2)cc1. The van der Waals surface area contributed by atoms with Crippen LogP contribution in [0.25, 0.3) is 0 Å². The van der Waals surface area contributed by atoms with Crippen molar-refractivity contribution in [1.82, 2.24) is 4.31 Å². The number of nitrogens with zero attached hydrogens (tertiary/aromatic N) is 1. The molecule has 2 aromatic carbocycles. The fraction of sp³-hybridized carbons (Fsp3) is 0.333. The van der Waals surface area contributed by atoms with Gasteiger partial charge in [-0.05, 0) is 90.4 Å². The molecule has 0 radical (unpaired) electrons. The molecule has 1 fully saturated rings. The number of ether oxygens (including phenoxy) is 1. The highest BCUT2D eigenvalue weighted by molar-refractivity contribution is 14.1. The lowest BCUT2D eigenvalue weighted by Gasteiger charge is -2.30. The topological polar surface area (TPSA) is 105 Å². The maximum atomic E-state index is 12.9. The number of carbonyl (C=O) groups is 2. The van der Waals surface area contributed by atoms with E-state index in [0.717, 1.165) is 14.8 Å². The third kappa shape index (κ3) is 5.74. The molecule has 1 saturated heterocycles. The second-order valence-electron chi connectivity index (χ2n) is 7.27. The van der Waals surface area contributed by atoms with Crippen LogP contribution in [0.1, 0.15) is 18.4 Å². The largest absolute Gasteiger partial charge is 0.453 e. The monoisotopic (exact) mass is 557 g/mol. The summed E-state index contributed by atoms with van der Waals surface area (Å²) < 4.78 is 32.9. The molecule has 0 spiro atoms. The van der Waals surface area contributed by atoms with Crippen molar-refractivity contribution >= 4 is 56.0 Å². The Balaban J connectivity index is 1.60. The minimum absolute atomic E-state index is 0.0837. The lowest BCUT2D eigenvalue weighted by atomic mass is 9.97. The molecule has 1 aliphatic heterocycles. The lowest BCUT2D eigenvalue weighted by molar-refractivity contribution is -0.120. The van der Waals surface area contributed by atoms with E-state index in [1.807, 2.05) is 25.1 Å². The quantitative estimate of drug-likeness (QED) is 0.545. The molecule has 2 N–H and O–H groups in total. The zero-order valence-electron chi connectivity index (χ0n) is 17.2. The van der Waals surface area contributed by atoms with Gasteiger partial charge in [0, 0.05) is 34.0 Å². The molecule has 0 atom stereocenters. The third-order valence-electron chi connectivity index (χ3n) is 5.19.